The Morgan fingerprint density at radius 3 is 2.43 bits per heavy atom. The molecule has 0 unspecified atom stereocenters. The molecule has 1 heterocycles. The number of amides is 1. The summed E-state index contributed by atoms with van der Waals surface area (Å²) >= 11 is 0. The van der Waals surface area contributed by atoms with Gasteiger partial charge in [-0.05, 0) is 44.2 Å². The van der Waals surface area contributed by atoms with Gasteiger partial charge in [-0.25, -0.2) is 13.1 Å². The van der Waals surface area contributed by atoms with Crippen molar-refractivity contribution in [3.63, 3.8) is 0 Å². The zero-order valence-electron chi connectivity index (χ0n) is 13.3. The fourth-order valence-electron chi connectivity index (χ4n) is 2.58. The SMILES string of the molecule is C=CCNS(=O)(=O)c1ccc(C(=O)N2CCC(NC)CC2)cc1. The molecule has 1 aromatic rings. The minimum Gasteiger partial charge on any atom is -0.339 e. The second-order valence-electron chi connectivity index (χ2n) is 5.52. The summed E-state index contributed by atoms with van der Waals surface area (Å²) in [7, 11) is -1.62. The first-order valence-corrected chi connectivity index (χ1v) is 9.13. The Morgan fingerprint density at radius 1 is 1.30 bits per heavy atom. The van der Waals surface area contributed by atoms with Crippen LogP contribution in [0.1, 0.15) is 23.2 Å². The maximum atomic E-state index is 12.5. The third kappa shape index (κ3) is 4.40. The maximum absolute atomic E-state index is 12.5. The highest BCUT2D eigenvalue weighted by Gasteiger charge is 2.23. The van der Waals surface area contributed by atoms with E-state index in [1.165, 1.54) is 18.2 Å². The van der Waals surface area contributed by atoms with Crippen molar-refractivity contribution >= 4 is 15.9 Å². The number of likely N-dealkylation sites (tertiary alicyclic amines) is 1. The van der Waals surface area contributed by atoms with E-state index in [0.717, 1.165) is 12.8 Å². The van der Waals surface area contributed by atoms with E-state index in [1.807, 2.05) is 11.9 Å². The molecule has 1 aliphatic rings. The van der Waals surface area contributed by atoms with E-state index in [4.69, 9.17) is 0 Å². The van der Waals surface area contributed by atoms with Crippen LogP contribution in [0.4, 0.5) is 0 Å². The van der Waals surface area contributed by atoms with E-state index in [9.17, 15) is 13.2 Å². The van der Waals surface area contributed by atoms with Crippen LogP contribution in [0.3, 0.4) is 0 Å². The number of hydrogen-bond acceptors (Lipinski definition) is 4. The Balaban J connectivity index is 2.05. The summed E-state index contributed by atoms with van der Waals surface area (Å²) in [5.41, 5.74) is 0.510. The molecule has 0 spiro atoms. The van der Waals surface area contributed by atoms with Gasteiger partial charge in [0.05, 0.1) is 4.90 Å². The Hall–Kier alpha value is -1.70. The van der Waals surface area contributed by atoms with Gasteiger partial charge < -0.3 is 10.2 Å². The summed E-state index contributed by atoms with van der Waals surface area (Å²) in [5.74, 6) is -0.0532. The smallest absolute Gasteiger partial charge is 0.253 e. The van der Waals surface area contributed by atoms with Crippen LogP contribution < -0.4 is 10.0 Å². The molecule has 1 saturated heterocycles. The van der Waals surface area contributed by atoms with Crippen LogP contribution in [0.2, 0.25) is 0 Å². The quantitative estimate of drug-likeness (QED) is 0.759. The Labute approximate surface area is 137 Å². The molecule has 126 valence electrons. The van der Waals surface area contributed by atoms with Crippen molar-refractivity contribution in [2.45, 2.75) is 23.8 Å². The molecular formula is C16H23N3O3S. The molecule has 1 aliphatic heterocycles. The van der Waals surface area contributed by atoms with Gasteiger partial charge in [-0.1, -0.05) is 6.08 Å². The van der Waals surface area contributed by atoms with Gasteiger partial charge >= 0.3 is 0 Å². The Morgan fingerprint density at radius 2 is 1.91 bits per heavy atom. The molecule has 0 aliphatic carbocycles. The minimum atomic E-state index is -3.55. The normalized spacial score (nSPS) is 16.3. The molecule has 0 radical (unpaired) electrons. The fourth-order valence-corrected chi connectivity index (χ4v) is 3.58. The number of piperidine rings is 1. The minimum absolute atomic E-state index is 0.0532. The summed E-state index contributed by atoms with van der Waals surface area (Å²) in [4.78, 5) is 14.4. The Bertz CT molecular complexity index is 648. The van der Waals surface area contributed by atoms with Gasteiger partial charge in [0.25, 0.3) is 5.91 Å². The van der Waals surface area contributed by atoms with E-state index in [-0.39, 0.29) is 17.3 Å². The van der Waals surface area contributed by atoms with Crippen molar-refractivity contribution in [1.29, 1.82) is 0 Å². The number of sulfonamides is 1. The molecule has 2 rings (SSSR count). The van der Waals surface area contributed by atoms with Crippen LogP contribution in [-0.2, 0) is 10.0 Å². The van der Waals surface area contributed by atoms with E-state index in [1.54, 1.807) is 12.1 Å². The molecule has 0 bridgehead atoms. The second-order valence-corrected chi connectivity index (χ2v) is 7.29. The van der Waals surface area contributed by atoms with Gasteiger partial charge in [0, 0.05) is 31.2 Å². The summed E-state index contributed by atoms with van der Waals surface area (Å²) < 4.78 is 26.4. The monoisotopic (exact) mass is 337 g/mol. The summed E-state index contributed by atoms with van der Waals surface area (Å²) in [6.07, 6.45) is 3.34. The highest BCUT2D eigenvalue weighted by Crippen LogP contribution is 2.16. The highest BCUT2D eigenvalue weighted by atomic mass is 32.2. The van der Waals surface area contributed by atoms with Gasteiger partial charge in [-0.15, -0.1) is 6.58 Å². The maximum Gasteiger partial charge on any atom is 0.253 e. The zero-order chi connectivity index (χ0) is 16.9. The molecule has 23 heavy (non-hydrogen) atoms. The largest absolute Gasteiger partial charge is 0.339 e. The van der Waals surface area contributed by atoms with E-state index >= 15 is 0 Å². The number of benzene rings is 1. The van der Waals surface area contributed by atoms with Crippen LogP contribution >= 0.6 is 0 Å². The topological polar surface area (TPSA) is 78.5 Å². The van der Waals surface area contributed by atoms with Crippen molar-refractivity contribution in [2.24, 2.45) is 0 Å². The molecule has 1 aromatic carbocycles. The summed E-state index contributed by atoms with van der Waals surface area (Å²) in [6, 6.07) is 6.50. The zero-order valence-corrected chi connectivity index (χ0v) is 14.1. The third-order valence-corrected chi connectivity index (χ3v) is 5.46. The molecule has 1 fully saturated rings. The fraction of sp³-hybridized carbons (Fsp3) is 0.438. The van der Waals surface area contributed by atoms with Crippen molar-refractivity contribution < 1.29 is 13.2 Å². The molecule has 0 aromatic heterocycles. The first-order chi connectivity index (χ1) is 11.0. The van der Waals surface area contributed by atoms with E-state index < -0.39 is 10.0 Å². The van der Waals surface area contributed by atoms with Crippen LogP contribution in [0.25, 0.3) is 0 Å². The number of carbonyl (C=O) groups excluding carboxylic acids is 1. The van der Waals surface area contributed by atoms with Crippen LogP contribution in [0.5, 0.6) is 0 Å². The molecule has 0 atom stereocenters. The lowest BCUT2D eigenvalue weighted by Gasteiger charge is -2.31. The number of nitrogens with zero attached hydrogens (tertiary/aromatic N) is 1. The summed E-state index contributed by atoms with van der Waals surface area (Å²) in [5, 5.41) is 3.23. The second kappa shape index (κ2) is 7.72. The predicted molar refractivity (Wildman–Crippen MR) is 89.8 cm³/mol. The average molecular weight is 337 g/mol. The first kappa shape index (κ1) is 17.7. The molecule has 6 nitrogen and oxygen atoms in total. The Kier molecular flexibility index (Phi) is 5.92. The number of rotatable bonds is 6. The van der Waals surface area contributed by atoms with Gasteiger partial charge in [0.2, 0.25) is 10.0 Å². The first-order valence-electron chi connectivity index (χ1n) is 7.65. The molecule has 2 N–H and O–H groups in total. The van der Waals surface area contributed by atoms with Crippen molar-refractivity contribution in [2.75, 3.05) is 26.7 Å². The number of hydrogen-bond donors (Lipinski definition) is 2. The van der Waals surface area contributed by atoms with Crippen molar-refractivity contribution in [3.05, 3.63) is 42.5 Å². The van der Waals surface area contributed by atoms with Gasteiger partial charge in [0.15, 0.2) is 0 Å². The van der Waals surface area contributed by atoms with Crippen LogP contribution in [0.15, 0.2) is 41.8 Å². The van der Waals surface area contributed by atoms with Crippen LogP contribution in [-0.4, -0.2) is 51.9 Å². The lowest BCUT2D eigenvalue weighted by molar-refractivity contribution is 0.0707. The summed E-state index contributed by atoms with van der Waals surface area (Å²) in [6.45, 7) is 5.07. The average Bonchev–Trinajstić information content (AvgIpc) is 2.59. The third-order valence-electron chi connectivity index (χ3n) is 4.02. The molecule has 7 heteroatoms. The lowest BCUT2D eigenvalue weighted by atomic mass is 10.0. The van der Waals surface area contributed by atoms with Gasteiger partial charge in [-0.3, -0.25) is 4.79 Å². The van der Waals surface area contributed by atoms with Crippen LogP contribution in [0, 0.1) is 0 Å². The highest BCUT2D eigenvalue weighted by molar-refractivity contribution is 7.89. The molecular weight excluding hydrogens is 314 g/mol. The molecule has 0 saturated carbocycles. The van der Waals surface area contributed by atoms with Crippen molar-refractivity contribution in [3.8, 4) is 0 Å². The van der Waals surface area contributed by atoms with Gasteiger partial charge in [0.1, 0.15) is 0 Å². The predicted octanol–water partition coefficient (Wildman–Crippen LogP) is 0.975. The van der Waals surface area contributed by atoms with Gasteiger partial charge in [-0.2, -0.15) is 0 Å². The van der Waals surface area contributed by atoms with E-state index in [0.29, 0.717) is 24.7 Å². The van der Waals surface area contributed by atoms with Crippen molar-refractivity contribution in [1.82, 2.24) is 14.9 Å². The number of nitrogens with one attached hydrogen (secondary N) is 2. The lowest BCUT2D eigenvalue weighted by Crippen LogP contribution is -2.43. The standard InChI is InChI=1S/C16H23N3O3S/c1-3-10-18-23(21,22)15-6-4-13(5-7-15)16(20)19-11-8-14(17-2)9-12-19/h3-7,14,17-18H,1,8-12H2,2H3. The van der Waals surface area contributed by atoms with E-state index in [2.05, 4.69) is 16.6 Å². The number of carbonyl (C=O) groups is 1. The molecule has 1 amide bonds.